The van der Waals surface area contributed by atoms with Gasteiger partial charge < -0.3 is 9.84 Å². The minimum atomic E-state index is -0.361. The number of Topliss-reactive ketones (excluding diaryl/α,β-unsaturated/α-hetero) is 1. The van der Waals surface area contributed by atoms with Crippen LogP contribution in [0.4, 0.5) is 0 Å². The lowest BCUT2D eigenvalue weighted by Crippen LogP contribution is -2.58. The fourth-order valence-corrected chi connectivity index (χ4v) is 7.54. The van der Waals surface area contributed by atoms with E-state index in [0.717, 1.165) is 56.9 Å². The van der Waals surface area contributed by atoms with E-state index in [1.807, 2.05) is 0 Å². The second-order valence-corrected chi connectivity index (χ2v) is 10.1. The average Bonchev–Trinajstić information content (AvgIpc) is 2.93. The monoisotopic (exact) mass is 374 g/mol. The van der Waals surface area contributed by atoms with E-state index in [4.69, 9.17) is 4.74 Å². The van der Waals surface area contributed by atoms with E-state index in [9.17, 15) is 14.7 Å². The second-order valence-electron chi connectivity index (χ2n) is 10.1. The molecule has 0 aromatic rings. The number of ether oxygens (including phenoxy) is 1. The molecule has 0 saturated heterocycles. The number of carbonyl (C=O) groups is 2. The Kier molecular flexibility index (Phi) is 4.57. The lowest BCUT2D eigenvalue weighted by Gasteiger charge is -2.61. The van der Waals surface area contributed by atoms with E-state index < -0.39 is 0 Å². The number of ketones is 1. The molecule has 27 heavy (non-hydrogen) atoms. The summed E-state index contributed by atoms with van der Waals surface area (Å²) in [7, 11) is 0. The van der Waals surface area contributed by atoms with Crippen molar-refractivity contribution in [3.8, 4) is 0 Å². The molecule has 3 saturated carbocycles. The number of esters is 1. The zero-order valence-electron chi connectivity index (χ0n) is 17.2. The molecule has 1 N–H and O–H groups in total. The Morgan fingerprint density at radius 1 is 1.07 bits per heavy atom. The highest BCUT2D eigenvalue weighted by Crippen LogP contribution is 2.66. The Morgan fingerprint density at radius 2 is 1.81 bits per heavy atom. The van der Waals surface area contributed by atoms with Crippen molar-refractivity contribution in [3.63, 3.8) is 0 Å². The first-order valence-electron chi connectivity index (χ1n) is 10.8. The molecular weight excluding hydrogens is 340 g/mol. The number of aliphatic hydroxyl groups is 1. The molecule has 0 unspecified atom stereocenters. The number of aliphatic hydroxyl groups excluding tert-OH is 1. The van der Waals surface area contributed by atoms with Crippen LogP contribution in [0.2, 0.25) is 0 Å². The van der Waals surface area contributed by atoms with Crippen LogP contribution in [0.15, 0.2) is 11.1 Å². The minimum Gasteiger partial charge on any atom is -0.463 e. The number of hydrogen-bond donors (Lipinski definition) is 1. The topological polar surface area (TPSA) is 63.6 Å². The molecule has 3 fully saturated rings. The van der Waals surface area contributed by atoms with Gasteiger partial charge in [-0.1, -0.05) is 19.4 Å². The lowest BCUT2D eigenvalue weighted by molar-refractivity contribution is -0.177. The zero-order valence-corrected chi connectivity index (χ0v) is 17.2. The summed E-state index contributed by atoms with van der Waals surface area (Å²) in [6.45, 7) is 7.76. The lowest BCUT2D eigenvalue weighted by atomic mass is 9.45. The first-order valence-corrected chi connectivity index (χ1v) is 10.8. The summed E-state index contributed by atoms with van der Waals surface area (Å²) in [6, 6.07) is 0. The Bertz CT molecular complexity index is 694. The van der Waals surface area contributed by atoms with Gasteiger partial charge in [0, 0.05) is 12.3 Å². The molecule has 150 valence electrons. The largest absolute Gasteiger partial charge is 0.463 e. The quantitative estimate of drug-likeness (QED) is 0.736. The highest BCUT2D eigenvalue weighted by molar-refractivity contribution is 5.95. The van der Waals surface area contributed by atoms with Crippen molar-refractivity contribution in [1.82, 2.24) is 0 Å². The van der Waals surface area contributed by atoms with Gasteiger partial charge in [-0.2, -0.15) is 0 Å². The molecule has 4 nitrogen and oxygen atoms in total. The Morgan fingerprint density at radius 3 is 2.48 bits per heavy atom. The third-order valence-corrected chi connectivity index (χ3v) is 8.84. The fourth-order valence-electron chi connectivity index (χ4n) is 7.54. The maximum absolute atomic E-state index is 12.1. The summed E-state index contributed by atoms with van der Waals surface area (Å²) < 4.78 is 5.52. The van der Waals surface area contributed by atoms with Crippen molar-refractivity contribution in [1.29, 1.82) is 0 Å². The molecule has 0 heterocycles. The maximum Gasteiger partial charge on any atom is 0.302 e. The molecule has 0 aliphatic heterocycles. The van der Waals surface area contributed by atoms with Gasteiger partial charge in [0.25, 0.3) is 0 Å². The first kappa shape index (κ1) is 19.2. The summed E-state index contributed by atoms with van der Waals surface area (Å²) in [5.74, 6) is 1.59. The summed E-state index contributed by atoms with van der Waals surface area (Å²) >= 11 is 0. The van der Waals surface area contributed by atoms with E-state index in [1.54, 1.807) is 6.92 Å². The highest BCUT2D eigenvalue weighted by Gasteiger charge is 2.60. The number of allylic oxidation sites excluding steroid dienone is 2. The Balaban J connectivity index is 1.63. The van der Waals surface area contributed by atoms with E-state index >= 15 is 0 Å². The molecule has 0 radical (unpaired) electrons. The van der Waals surface area contributed by atoms with Gasteiger partial charge >= 0.3 is 5.97 Å². The second kappa shape index (κ2) is 6.43. The molecule has 0 spiro atoms. The summed E-state index contributed by atoms with van der Waals surface area (Å²) in [4.78, 5) is 23.5. The molecule has 0 amide bonds. The number of carbonyl (C=O) groups excluding carboxylic acids is 2. The minimum absolute atomic E-state index is 0.0552. The van der Waals surface area contributed by atoms with E-state index in [0.29, 0.717) is 17.8 Å². The van der Waals surface area contributed by atoms with Crippen molar-refractivity contribution >= 4 is 11.8 Å². The van der Waals surface area contributed by atoms with Gasteiger partial charge in [-0.3, -0.25) is 9.59 Å². The van der Waals surface area contributed by atoms with Crippen LogP contribution in [0.1, 0.15) is 79.1 Å². The predicted octanol–water partition coefficient (Wildman–Crippen LogP) is 4.20. The van der Waals surface area contributed by atoms with Crippen LogP contribution in [0.5, 0.6) is 0 Å². The van der Waals surface area contributed by atoms with E-state index in [-0.39, 0.29) is 34.8 Å². The van der Waals surface area contributed by atoms with Crippen LogP contribution >= 0.6 is 0 Å². The molecular formula is C23H34O4. The third-order valence-electron chi connectivity index (χ3n) is 8.84. The van der Waals surface area contributed by atoms with Crippen LogP contribution in [-0.2, 0) is 14.3 Å². The van der Waals surface area contributed by atoms with Gasteiger partial charge in [-0.15, -0.1) is 0 Å². The molecule has 0 bridgehead atoms. The van der Waals surface area contributed by atoms with E-state index in [2.05, 4.69) is 13.8 Å². The number of rotatable bonds is 2. The molecule has 0 aromatic heterocycles. The molecule has 0 aromatic carbocycles. The molecule has 4 heteroatoms. The van der Waals surface area contributed by atoms with E-state index in [1.165, 1.54) is 12.5 Å². The van der Waals surface area contributed by atoms with Crippen LogP contribution in [0, 0.1) is 28.6 Å². The van der Waals surface area contributed by atoms with Crippen molar-refractivity contribution in [3.05, 3.63) is 11.1 Å². The van der Waals surface area contributed by atoms with Gasteiger partial charge in [0.2, 0.25) is 0 Å². The van der Waals surface area contributed by atoms with Crippen LogP contribution in [0.3, 0.4) is 0 Å². The maximum atomic E-state index is 12.1. The van der Waals surface area contributed by atoms with Crippen LogP contribution < -0.4 is 0 Å². The Labute approximate surface area is 162 Å². The zero-order chi connectivity index (χ0) is 19.6. The summed E-state index contributed by atoms with van der Waals surface area (Å²) in [6.07, 6.45) is 7.27. The van der Waals surface area contributed by atoms with Crippen molar-refractivity contribution < 1.29 is 19.4 Å². The van der Waals surface area contributed by atoms with Crippen molar-refractivity contribution in [2.24, 2.45) is 28.6 Å². The number of hydrogen-bond acceptors (Lipinski definition) is 4. The summed E-state index contributed by atoms with van der Waals surface area (Å²) in [5, 5.41) is 11.2. The smallest absolute Gasteiger partial charge is 0.302 e. The predicted molar refractivity (Wildman–Crippen MR) is 103 cm³/mol. The normalized spacial score (nSPS) is 46.3. The van der Waals surface area contributed by atoms with Crippen molar-refractivity contribution in [2.75, 3.05) is 0 Å². The van der Waals surface area contributed by atoms with Gasteiger partial charge in [0.1, 0.15) is 6.10 Å². The first-order chi connectivity index (χ1) is 12.7. The van der Waals surface area contributed by atoms with Crippen molar-refractivity contribution in [2.45, 2.75) is 91.3 Å². The Hall–Kier alpha value is -1.16. The van der Waals surface area contributed by atoms with Gasteiger partial charge in [-0.25, -0.2) is 0 Å². The highest BCUT2D eigenvalue weighted by atomic mass is 16.5. The van der Waals surface area contributed by atoms with Crippen LogP contribution in [0.25, 0.3) is 0 Å². The van der Waals surface area contributed by atoms with Gasteiger partial charge in [0.05, 0.1) is 6.10 Å². The van der Waals surface area contributed by atoms with Gasteiger partial charge in [-0.05, 0) is 87.0 Å². The fraction of sp³-hybridized carbons (Fsp3) is 0.826. The molecule has 4 aliphatic rings. The standard InChI is InChI=1S/C23H34O4/c1-13(24)16-9-10-22(3)18(16)8-6-17-19-7-5-15(27-14(2)25)12-23(19,4)21(26)11-20(17)22/h15,17,19-21,26H,5-12H2,1-4H3/t15-,17-,19-,20-,21+,22-,23+/m0/s1. The molecule has 4 aliphatic carbocycles. The SMILES string of the molecule is CC(=O)O[C@H]1CC[C@H]2[C@@H]3CCC4=C(C(C)=O)CC[C@]4(C)[C@H]3C[C@@H](O)[C@]2(C)C1. The van der Waals surface area contributed by atoms with Gasteiger partial charge in [0.15, 0.2) is 5.78 Å². The average molecular weight is 375 g/mol. The third kappa shape index (κ3) is 2.82. The summed E-state index contributed by atoms with van der Waals surface area (Å²) in [5.41, 5.74) is 2.40. The molecule has 7 atom stereocenters. The molecule has 4 rings (SSSR count). The van der Waals surface area contributed by atoms with Crippen LogP contribution in [-0.4, -0.2) is 29.1 Å². The number of fused-ring (bicyclic) bond motifs is 5.